The minimum atomic E-state index is -1.10. The number of hydrogen-bond donors (Lipinski definition) is 5. The molecule has 1 fully saturated rings. The van der Waals surface area contributed by atoms with E-state index in [4.69, 9.17) is 26.0 Å². The summed E-state index contributed by atoms with van der Waals surface area (Å²) in [7, 11) is -2.18. The lowest BCUT2D eigenvalue weighted by atomic mass is 9.93. The molecule has 0 saturated carbocycles. The molecule has 0 bridgehead atoms. The minimum Gasteiger partial charge on any atom is -0.463 e. The molecular weight excluding hydrogens is 714 g/mol. The second kappa shape index (κ2) is 16.5. The van der Waals surface area contributed by atoms with E-state index in [1.165, 1.54) is 0 Å². The lowest BCUT2D eigenvalue weighted by molar-refractivity contribution is 0.248. The van der Waals surface area contributed by atoms with Crippen molar-refractivity contribution < 1.29 is 23.0 Å². The number of nitrogens with zero attached hydrogens (tertiary/aromatic N) is 6. The van der Waals surface area contributed by atoms with Gasteiger partial charge in [0.15, 0.2) is 5.76 Å². The molecule has 0 aliphatic carbocycles. The number of furan rings is 1. The number of hydrogen-bond acceptors (Lipinski definition) is 13. The van der Waals surface area contributed by atoms with Gasteiger partial charge in [-0.2, -0.15) is 15.1 Å². The molecule has 276 valence electrons. The van der Waals surface area contributed by atoms with Crippen molar-refractivity contribution in [3.63, 3.8) is 0 Å². The molecule has 5 N–H and O–H groups in total. The number of H-pyrrole nitrogens is 1. The Morgan fingerprint density at radius 1 is 0.922 bits per heavy atom. The zero-order valence-electron chi connectivity index (χ0n) is 29.3. The van der Waals surface area contributed by atoms with Gasteiger partial charge in [-0.1, -0.05) is 27.7 Å². The lowest BCUT2D eigenvalue weighted by Crippen LogP contribution is -2.35. The number of aryl methyl sites for hydroxylation is 2. The van der Waals surface area contributed by atoms with E-state index in [9.17, 15) is 18.6 Å². The molecule has 4 aromatic heterocycles. The average Bonchev–Trinajstić information content (AvgIpc) is 3.94. The molecule has 7 heterocycles. The summed E-state index contributed by atoms with van der Waals surface area (Å²) in [5.74, 6) is 4.52. The van der Waals surface area contributed by atoms with E-state index < -0.39 is 21.6 Å². The molecule has 51 heavy (non-hydrogen) atoms. The normalized spacial score (nSPS) is 19.8. The van der Waals surface area contributed by atoms with Crippen LogP contribution in [0.15, 0.2) is 38.7 Å². The number of piperidine rings is 1. The summed E-state index contributed by atoms with van der Waals surface area (Å²) >= 11 is 5.86. The summed E-state index contributed by atoms with van der Waals surface area (Å²) < 4.78 is 30.0. The van der Waals surface area contributed by atoms with Gasteiger partial charge >= 0.3 is 0 Å². The van der Waals surface area contributed by atoms with Crippen LogP contribution in [-0.4, -0.2) is 98.7 Å². The van der Waals surface area contributed by atoms with E-state index in [-0.39, 0.29) is 42.4 Å². The Balaban J connectivity index is 0.000000211. The number of aromatic amines is 1. The smallest absolute Gasteiger partial charge is 0.227 e. The molecule has 0 spiro atoms. The Labute approximate surface area is 307 Å². The third-order valence-corrected chi connectivity index (χ3v) is 12.7. The predicted octanol–water partition coefficient (Wildman–Crippen LogP) is 4.16. The van der Waals surface area contributed by atoms with Gasteiger partial charge in [0.1, 0.15) is 27.1 Å². The van der Waals surface area contributed by atoms with Crippen LogP contribution >= 0.6 is 11.6 Å². The molecule has 4 atom stereocenters. The zero-order valence-corrected chi connectivity index (χ0v) is 31.7. The molecule has 17 heteroatoms. The number of aliphatic hydroxyl groups is 2. The highest BCUT2D eigenvalue weighted by molar-refractivity contribution is 7.85. The van der Waals surface area contributed by atoms with E-state index >= 15 is 0 Å². The maximum absolute atomic E-state index is 12.6. The third kappa shape index (κ3) is 8.46. The number of halogens is 1. The second-order valence-corrected chi connectivity index (χ2v) is 17.0. The van der Waals surface area contributed by atoms with Crippen molar-refractivity contribution in [2.24, 2.45) is 11.8 Å². The highest BCUT2D eigenvalue weighted by atomic mass is 35.5. The van der Waals surface area contributed by atoms with Gasteiger partial charge in [0.05, 0.1) is 64.5 Å². The standard InChI is InChI=1S/C23H30N6O3S.C11H16ClN3O2S/c1-14(2)19(13-30)24-22-21-16(7-11-33(21)31)25-23(26-22)29-8-5-15(6-9-29)17-12-18(28-27-17)20-4-3-10-32-20;1-6(2)8(5-16)13-10-9-7(3-4-18(9)17)14-11(12)15-10/h3-4,10,12,14-15,19,30H,5-9,11,13H2,1-2H3,(H,27,28)(H,24,25,26);6,8,16H,3-5H2,1-2H3,(H,13,14,15)/t19-,33?;8-,18?/m00/s1. The summed E-state index contributed by atoms with van der Waals surface area (Å²) in [5.41, 5.74) is 3.56. The Morgan fingerprint density at radius 3 is 2.06 bits per heavy atom. The van der Waals surface area contributed by atoms with Crippen molar-refractivity contribution in [2.45, 2.75) is 81.2 Å². The van der Waals surface area contributed by atoms with E-state index in [0.717, 1.165) is 54.5 Å². The van der Waals surface area contributed by atoms with Crippen molar-refractivity contribution in [1.82, 2.24) is 30.1 Å². The summed E-state index contributed by atoms with van der Waals surface area (Å²) in [5, 5.41) is 33.3. The van der Waals surface area contributed by atoms with Crippen molar-refractivity contribution in [2.75, 3.05) is 53.3 Å². The van der Waals surface area contributed by atoms with Crippen LogP contribution in [0, 0.1) is 11.8 Å². The summed E-state index contributed by atoms with van der Waals surface area (Å²) in [4.78, 5) is 21.3. The minimum absolute atomic E-state index is 0.00597. The molecule has 0 radical (unpaired) electrons. The lowest BCUT2D eigenvalue weighted by Gasteiger charge is -2.32. The quantitative estimate of drug-likeness (QED) is 0.137. The predicted molar refractivity (Wildman–Crippen MR) is 198 cm³/mol. The average molecular weight is 760 g/mol. The van der Waals surface area contributed by atoms with Crippen LogP contribution in [0.4, 0.5) is 17.6 Å². The Morgan fingerprint density at radius 2 is 1.51 bits per heavy atom. The first-order chi connectivity index (χ1) is 24.6. The highest BCUT2D eigenvalue weighted by Crippen LogP contribution is 2.35. The van der Waals surface area contributed by atoms with E-state index in [0.29, 0.717) is 57.6 Å². The van der Waals surface area contributed by atoms with Crippen molar-refractivity contribution in [3.05, 3.63) is 46.8 Å². The van der Waals surface area contributed by atoms with Gasteiger partial charge in [0.25, 0.3) is 0 Å². The van der Waals surface area contributed by atoms with Crippen molar-refractivity contribution in [1.29, 1.82) is 0 Å². The van der Waals surface area contributed by atoms with Gasteiger partial charge in [-0.3, -0.25) is 13.5 Å². The third-order valence-electron chi connectivity index (χ3n) is 9.57. The molecule has 14 nitrogen and oxygen atoms in total. The summed E-state index contributed by atoms with van der Waals surface area (Å²) in [6.07, 6.45) is 4.92. The van der Waals surface area contributed by atoms with Gasteiger partial charge in [-0.05, 0) is 54.5 Å². The molecule has 7 rings (SSSR count). The molecule has 0 aromatic carbocycles. The van der Waals surface area contributed by atoms with Crippen molar-refractivity contribution in [3.8, 4) is 11.5 Å². The van der Waals surface area contributed by atoms with E-state index in [2.05, 4.69) is 41.8 Å². The van der Waals surface area contributed by atoms with Gasteiger partial charge < -0.3 is 30.2 Å². The number of nitrogens with one attached hydrogen (secondary N) is 3. The van der Waals surface area contributed by atoms with Crippen LogP contribution in [0.3, 0.4) is 0 Å². The molecule has 4 aromatic rings. The number of rotatable bonds is 11. The first-order valence-corrected chi connectivity index (χ1v) is 20.4. The van der Waals surface area contributed by atoms with Crippen LogP contribution in [-0.2, 0) is 34.4 Å². The molecule has 2 unspecified atom stereocenters. The van der Waals surface area contributed by atoms with Crippen LogP contribution in [0.1, 0.15) is 63.5 Å². The van der Waals surface area contributed by atoms with Gasteiger partial charge in [0, 0.05) is 49.0 Å². The molecule has 1 saturated heterocycles. The van der Waals surface area contributed by atoms with E-state index in [1.54, 1.807) is 6.26 Å². The van der Waals surface area contributed by atoms with Crippen LogP contribution in [0.2, 0.25) is 5.28 Å². The van der Waals surface area contributed by atoms with Gasteiger partial charge in [0.2, 0.25) is 11.2 Å². The van der Waals surface area contributed by atoms with Crippen molar-refractivity contribution >= 4 is 50.8 Å². The highest BCUT2D eigenvalue weighted by Gasteiger charge is 2.31. The Kier molecular flexibility index (Phi) is 12.1. The fourth-order valence-electron chi connectivity index (χ4n) is 6.37. The summed E-state index contributed by atoms with van der Waals surface area (Å²) in [6, 6.07) is 5.55. The Hall–Kier alpha value is -3.44. The van der Waals surface area contributed by atoms with Crippen LogP contribution < -0.4 is 15.5 Å². The molecular formula is C34H46ClN9O5S2. The Bertz CT molecular complexity index is 1850. The molecule has 3 aliphatic heterocycles. The number of aliphatic hydroxyl groups excluding tert-OH is 2. The molecule has 0 amide bonds. The van der Waals surface area contributed by atoms with Crippen LogP contribution in [0.25, 0.3) is 11.5 Å². The maximum atomic E-state index is 12.6. The zero-order chi connectivity index (χ0) is 36.2. The SMILES string of the molecule is CC(C)[C@H](CO)Nc1nc(Cl)nc2c1S(=O)CC2.CC(C)[C@H](CO)Nc1nc(N2CCC(c3cc(-c4ccco4)n[nH]3)CC2)nc2c1S(=O)CC2. The maximum Gasteiger partial charge on any atom is 0.227 e. The number of aromatic nitrogens is 6. The van der Waals surface area contributed by atoms with Gasteiger partial charge in [-0.15, -0.1) is 0 Å². The number of fused-ring (bicyclic) bond motifs is 2. The topological polar surface area (TPSA) is 195 Å². The first-order valence-electron chi connectivity index (χ1n) is 17.4. The molecule has 3 aliphatic rings. The number of anilines is 3. The second-order valence-electron chi connectivity index (χ2n) is 13.7. The van der Waals surface area contributed by atoms with Crippen LogP contribution in [0.5, 0.6) is 0 Å². The fourth-order valence-corrected chi connectivity index (χ4v) is 9.19. The summed E-state index contributed by atoms with van der Waals surface area (Å²) in [6.45, 7) is 9.72. The fraction of sp³-hybridized carbons (Fsp3) is 0.559. The largest absolute Gasteiger partial charge is 0.463 e. The first kappa shape index (κ1) is 37.3. The van der Waals surface area contributed by atoms with E-state index in [1.807, 2.05) is 39.8 Å². The monoisotopic (exact) mass is 759 g/mol. The van der Waals surface area contributed by atoms with Gasteiger partial charge in [-0.25, -0.2) is 9.97 Å².